The van der Waals surface area contributed by atoms with Crippen LogP contribution in [-0.4, -0.2) is 20.2 Å². The SMILES string of the molecule is COC(=O)C=C=COCc1ccc(OC)cc1. The highest BCUT2D eigenvalue weighted by atomic mass is 16.5. The first-order chi connectivity index (χ1) is 8.26. The fourth-order valence-corrected chi connectivity index (χ4v) is 1.07. The number of carbonyl (C=O) groups is 1. The highest BCUT2D eigenvalue weighted by molar-refractivity contribution is 5.81. The molecule has 0 N–H and O–H groups in total. The second kappa shape index (κ2) is 7.14. The lowest BCUT2D eigenvalue weighted by atomic mass is 10.2. The zero-order chi connectivity index (χ0) is 12.5. The van der Waals surface area contributed by atoms with Crippen LogP contribution in [0.2, 0.25) is 0 Å². The summed E-state index contributed by atoms with van der Waals surface area (Å²) < 4.78 is 14.6. The van der Waals surface area contributed by atoms with Crippen LogP contribution in [0.3, 0.4) is 0 Å². The summed E-state index contributed by atoms with van der Waals surface area (Å²) >= 11 is 0. The second-order valence-corrected chi connectivity index (χ2v) is 3.11. The van der Waals surface area contributed by atoms with Gasteiger partial charge in [-0.25, -0.2) is 4.79 Å². The number of methoxy groups -OCH3 is 2. The van der Waals surface area contributed by atoms with Crippen molar-refractivity contribution in [2.45, 2.75) is 6.61 Å². The van der Waals surface area contributed by atoms with Crippen molar-refractivity contribution in [1.82, 2.24) is 0 Å². The van der Waals surface area contributed by atoms with Crippen LogP contribution >= 0.6 is 0 Å². The molecular formula is C13H14O4. The Morgan fingerprint density at radius 1 is 1.29 bits per heavy atom. The molecule has 0 bridgehead atoms. The van der Waals surface area contributed by atoms with Crippen LogP contribution in [0.5, 0.6) is 5.75 Å². The highest BCUT2D eigenvalue weighted by Crippen LogP contribution is 2.11. The molecule has 0 unspecified atom stereocenters. The average Bonchev–Trinajstić information content (AvgIpc) is 2.38. The minimum Gasteiger partial charge on any atom is -0.497 e. The molecule has 1 aromatic rings. The van der Waals surface area contributed by atoms with Gasteiger partial charge >= 0.3 is 5.97 Å². The molecule has 0 atom stereocenters. The lowest BCUT2D eigenvalue weighted by molar-refractivity contribution is -0.134. The summed E-state index contributed by atoms with van der Waals surface area (Å²) in [5.74, 6) is 0.337. The van der Waals surface area contributed by atoms with E-state index < -0.39 is 5.97 Å². The van der Waals surface area contributed by atoms with Crippen molar-refractivity contribution in [3.63, 3.8) is 0 Å². The smallest absolute Gasteiger partial charge is 0.338 e. The van der Waals surface area contributed by atoms with E-state index in [-0.39, 0.29) is 0 Å². The van der Waals surface area contributed by atoms with E-state index in [4.69, 9.17) is 9.47 Å². The van der Waals surface area contributed by atoms with E-state index in [1.165, 1.54) is 13.4 Å². The fraction of sp³-hybridized carbons (Fsp3) is 0.231. The second-order valence-electron chi connectivity index (χ2n) is 3.11. The Morgan fingerprint density at radius 3 is 2.59 bits per heavy atom. The molecule has 17 heavy (non-hydrogen) atoms. The molecule has 0 aliphatic carbocycles. The molecule has 0 heterocycles. The summed E-state index contributed by atoms with van der Waals surface area (Å²) in [6, 6.07) is 7.51. The number of hydrogen-bond donors (Lipinski definition) is 0. The molecule has 0 aliphatic rings. The molecule has 4 nitrogen and oxygen atoms in total. The van der Waals surface area contributed by atoms with Gasteiger partial charge in [0, 0.05) is 0 Å². The third kappa shape index (κ3) is 4.91. The van der Waals surface area contributed by atoms with Crippen LogP contribution in [0.4, 0.5) is 0 Å². The highest BCUT2D eigenvalue weighted by Gasteiger charge is 1.93. The predicted molar refractivity (Wildman–Crippen MR) is 62.5 cm³/mol. The van der Waals surface area contributed by atoms with Crippen molar-refractivity contribution in [3.8, 4) is 5.75 Å². The molecular weight excluding hydrogens is 220 g/mol. The van der Waals surface area contributed by atoms with E-state index in [1.54, 1.807) is 7.11 Å². The molecule has 4 heteroatoms. The van der Waals surface area contributed by atoms with Gasteiger partial charge in [0.15, 0.2) is 0 Å². The van der Waals surface area contributed by atoms with Gasteiger partial charge < -0.3 is 14.2 Å². The molecule has 1 rings (SSSR count). The van der Waals surface area contributed by atoms with Gasteiger partial charge in [0.25, 0.3) is 0 Å². The Balaban J connectivity index is 2.40. The lowest BCUT2D eigenvalue weighted by Gasteiger charge is -2.02. The minimum atomic E-state index is -0.464. The standard InChI is InChI=1S/C13H14O4/c1-15-12-7-5-11(6-8-12)10-17-9-3-4-13(14)16-2/h4-9H,10H2,1-2H3. The topological polar surface area (TPSA) is 44.8 Å². The Hall–Kier alpha value is -2.19. The number of rotatable bonds is 5. The Labute approximate surface area is 100 Å². The molecule has 0 aliphatic heterocycles. The molecule has 0 saturated heterocycles. The Kier molecular flexibility index (Phi) is 5.41. The van der Waals surface area contributed by atoms with Crippen LogP contribution in [0.15, 0.2) is 42.3 Å². The van der Waals surface area contributed by atoms with Crippen LogP contribution < -0.4 is 4.74 Å². The van der Waals surface area contributed by atoms with Crippen molar-refractivity contribution in [2.24, 2.45) is 0 Å². The quantitative estimate of drug-likeness (QED) is 0.338. The van der Waals surface area contributed by atoms with E-state index in [9.17, 15) is 4.79 Å². The maximum absolute atomic E-state index is 10.7. The van der Waals surface area contributed by atoms with Crippen LogP contribution in [0.25, 0.3) is 0 Å². The van der Waals surface area contributed by atoms with Gasteiger partial charge in [-0.2, -0.15) is 0 Å². The van der Waals surface area contributed by atoms with Crippen molar-refractivity contribution in [3.05, 3.63) is 47.9 Å². The third-order valence-corrected chi connectivity index (χ3v) is 1.96. The minimum absolute atomic E-state index is 0.409. The Bertz CT molecular complexity index is 414. The van der Waals surface area contributed by atoms with Crippen LogP contribution in [0, 0.1) is 0 Å². The van der Waals surface area contributed by atoms with Crippen molar-refractivity contribution < 1.29 is 19.0 Å². The van der Waals surface area contributed by atoms with Gasteiger partial charge in [0.2, 0.25) is 0 Å². The number of hydrogen-bond acceptors (Lipinski definition) is 4. The largest absolute Gasteiger partial charge is 0.497 e. The number of esters is 1. The zero-order valence-electron chi connectivity index (χ0n) is 9.80. The van der Waals surface area contributed by atoms with Crippen molar-refractivity contribution in [1.29, 1.82) is 0 Å². The zero-order valence-corrected chi connectivity index (χ0v) is 9.80. The monoisotopic (exact) mass is 234 g/mol. The van der Waals surface area contributed by atoms with Crippen LogP contribution in [0.1, 0.15) is 5.56 Å². The van der Waals surface area contributed by atoms with Gasteiger partial charge in [0.1, 0.15) is 18.6 Å². The summed E-state index contributed by atoms with van der Waals surface area (Å²) in [4.78, 5) is 10.7. The van der Waals surface area contributed by atoms with E-state index >= 15 is 0 Å². The summed E-state index contributed by atoms with van der Waals surface area (Å²) in [7, 11) is 2.92. The van der Waals surface area contributed by atoms with E-state index in [1.807, 2.05) is 24.3 Å². The molecule has 1 aromatic carbocycles. The number of ether oxygens (including phenoxy) is 3. The first-order valence-electron chi connectivity index (χ1n) is 4.99. The summed E-state index contributed by atoms with van der Waals surface area (Å²) in [6.45, 7) is 0.409. The maximum Gasteiger partial charge on any atom is 0.338 e. The average molecular weight is 234 g/mol. The summed E-state index contributed by atoms with van der Waals surface area (Å²) in [5, 5.41) is 0. The Morgan fingerprint density at radius 2 is 2.00 bits per heavy atom. The maximum atomic E-state index is 10.7. The normalized spacial score (nSPS) is 8.82. The molecule has 0 spiro atoms. The fourth-order valence-electron chi connectivity index (χ4n) is 1.07. The van der Waals surface area contributed by atoms with E-state index in [0.29, 0.717) is 6.61 Å². The van der Waals surface area contributed by atoms with Crippen LogP contribution in [-0.2, 0) is 20.9 Å². The predicted octanol–water partition coefficient (Wildman–Crippen LogP) is 2.05. The molecule has 0 saturated carbocycles. The van der Waals surface area contributed by atoms with Gasteiger partial charge in [-0.05, 0) is 17.7 Å². The molecule has 0 fully saturated rings. The lowest BCUT2D eigenvalue weighted by Crippen LogP contribution is -1.92. The third-order valence-electron chi connectivity index (χ3n) is 1.96. The van der Waals surface area contributed by atoms with Gasteiger partial charge in [-0.15, -0.1) is 0 Å². The molecule has 90 valence electrons. The molecule has 0 amide bonds. The van der Waals surface area contributed by atoms with E-state index in [2.05, 4.69) is 10.5 Å². The number of benzene rings is 1. The molecule has 0 aromatic heterocycles. The number of carbonyl (C=O) groups excluding carboxylic acids is 1. The summed E-state index contributed by atoms with van der Waals surface area (Å²) in [5.41, 5.74) is 3.56. The first-order valence-corrected chi connectivity index (χ1v) is 4.99. The molecule has 0 radical (unpaired) electrons. The van der Waals surface area contributed by atoms with E-state index in [0.717, 1.165) is 17.4 Å². The van der Waals surface area contributed by atoms with Gasteiger partial charge in [-0.3, -0.25) is 0 Å². The van der Waals surface area contributed by atoms with Gasteiger partial charge in [-0.1, -0.05) is 17.9 Å². The first kappa shape index (κ1) is 12.9. The summed E-state index contributed by atoms with van der Waals surface area (Å²) in [6.07, 6.45) is 2.48. The van der Waals surface area contributed by atoms with Crippen molar-refractivity contribution >= 4 is 5.97 Å². The van der Waals surface area contributed by atoms with Crippen molar-refractivity contribution in [2.75, 3.05) is 14.2 Å². The van der Waals surface area contributed by atoms with Gasteiger partial charge in [0.05, 0.1) is 20.3 Å².